The van der Waals surface area contributed by atoms with Crippen LogP contribution in [0.3, 0.4) is 0 Å². The lowest BCUT2D eigenvalue weighted by atomic mass is 10.0. The first-order chi connectivity index (χ1) is 11.2. The highest BCUT2D eigenvalue weighted by molar-refractivity contribution is 6.30. The Labute approximate surface area is 143 Å². The van der Waals surface area contributed by atoms with Gasteiger partial charge in [-0.05, 0) is 48.2 Å². The molecule has 1 atom stereocenters. The highest BCUT2D eigenvalue weighted by Gasteiger charge is 2.12. The average Bonchev–Trinajstić information content (AvgIpc) is 2.60. The Kier molecular flexibility index (Phi) is 5.42. The van der Waals surface area contributed by atoms with E-state index in [0.29, 0.717) is 6.04 Å². The van der Waals surface area contributed by atoms with Gasteiger partial charge in [0, 0.05) is 24.2 Å². The Morgan fingerprint density at radius 3 is 2.74 bits per heavy atom. The van der Waals surface area contributed by atoms with Gasteiger partial charge in [-0.1, -0.05) is 36.7 Å². The van der Waals surface area contributed by atoms with E-state index in [1.54, 1.807) is 0 Å². The number of rotatable bonds is 6. The van der Waals surface area contributed by atoms with E-state index < -0.39 is 0 Å². The molecule has 0 aliphatic carbocycles. The molecule has 122 valence electrons. The maximum absolute atomic E-state index is 5.93. The third-order valence-corrected chi connectivity index (χ3v) is 4.45. The van der Waals surface area contributed by atoms with E-state index in [4.69, 9.17) is 16.3 Å². The second-order valence-electron chi connectivity index (χ2n) is 5.92. The van der Waals surface area contributed by atoms with E-state index in [1.165, 1.54) is 11.1 Å². The van der Waals surface area contributed by atoms with E-state index >= 15 is 0 Å². The maximum atomic E-state index is 5.93. The van der Waals surface area contributed by atoms with Crippen LogP contribution in [0.1, 0.15) is 24.5 Å². The van der Waals surface area contributed by atoms with Crippen molar-refractivity contribution in [2.75, 3.05) is 18.5 Å². The van der Waals surface area contributed by atoms with Gasteiger partial charge in [0.2, 0.25) is 0 Å². The van der Waals surface area contributed by atoms with Crippen LogP contribution >= 0.6 is 11.6 Å². The standard InChI is InChI=1S/C19H23ClN2O/c1-2-17(22-13-14-3-6-16(20)7-4-14)11-15-5-8-19-18(12-15)21-9-10-23-19/h3-8,12,17,21-22H,2,9-11,13H2,1H3. The lowest BCUT2D eigenvalue weighted by Crippen LogP contribution is -2.30. The van der Waals surface area contributed by atoms with Gasteiger partial charge in [-0.15, -0.1) is 0 Å². The van der Waals surface area contributed by atoms with E-state index in [1.807, 2.05) is 12.1 Å². The Morgan fingerprint density at radius 2 is 1.96 bits per heavy atom. The Bertz CT molecular complexity index is 642. The summed E-state index contributed by atoms with van der Waals surface area (Å²) in [6.07, 6.45) is 2.10. The van der Waals surface area contributed by atoms with Crippen molar-refractivity contribution in [1.29, 1.82) is 0 Å². The van der Waals surface area contributed by atoms with E-state index in [-0.39, 0.29) is 0 Å². The van der Waals surface area contributed by atoms with Gasteiger partial charge >= 0.3 is 0 Å². The van der Waals surface area contributed by atoms with Gasteiger partial charge in [0.25, 0.3) is 0 Å². The molecule has 1 aliphatic heterocycles. The van der Waals surface area contributed by atoms with Gasteiger partial charge in [-0.25, -0.2) is 0 Å². The molecule has 3 nitrogen and oxygen atoms in total. The van der Waals surface area contributed by atoms with Crippen molar-refractivity contribution >= 4 is 17.3 Å². The van der Waals surface area contributed by atoms with Crippen LogP contribution in [0.4, 0.5) is 5.69 Å². The Hall–Kier alpha value is -1.71. The molecule has 4 heteroatoms. The van der Waals surface area contributed by atoms with E-state index in [0.717, 1.165) is 49.0 Å². The molecule has 23 heavy (non-hydrogen) atoms. The maximum Gasteiger partial charge on any atom is 0.142 e. The lowest BCUT2D eigenvalue weighted by Gasteiger charge is -2.21. The molecule has 0 spiro atoms. The molecular weight excluding hydrogens is 308 g/mol. The summed E-state index contributed by atoms with van der Waals surface area (Å²) in [5, 5.41) is 7.82. The fourth-order valence-corrected chi connectivity index (χ4v) is 2.95. The second kappa shape index (κ2) is 7.71. The summed E-state index contributed by atoms with van der Waals surface area (Å²) in [6.45, 7) is 4.70. The van der Waals surface area contributed by atoms with Crippen molar-refractivity contribution in [3.63, 3.8) is 0 Å². The summed E-state index contributed by atoms with van der Waals surface area (Å²) in [5.41, 5.74) is 3.70. The van der Waals surface area contributed by atoms with Crippen LogP contribution in [-0.2, 0) is 13.0 Å². The number of halogens is 1. The van der Waals surface area contributed by atoms with Gasteiger partial charge in [0.1, 0.15) is 12.4 Å². The Balaban J connectivity index is 1.59. The van der Waals surface area contributed by atoms with Gasteiger partial charge in [-0.3, -0.25) is 0 Å². The minimum absolute atomic E-state index is 0.452. The molecule has 1 heterocycles. The highest BCUT2D eigenvalue weighted by atomic mass is 35.5. The zero-order valence-electron chi connectivity index (χ0n) is 13.4. The highest BCUT2D eigenvalue weighted by Crippen LogP contribution is 2.28. The third-order valence-electron chi connectivity index (χ3n) is 4.20. The number of anilines is 1. The molecule has 2 N–H and O–H groups in total. The average molecular weight is 331 g/mol. The molecule has 3 rings (SSSR count). The number of fused-ring (bicyclic) bond motifs is 1. The first-order valence-electron chi connectivity index (χ1n) is 8.22. The topological polar surface area (TPSA) is 33.3 Å². The van der Waals surface area contributed by atoms with Crippen molar-refractivity contribution in [3.8, 4) is 5.75 Å². The van der Waals surface area contributed by atoms with Crippen LogP contribution in [0, 0.1) is 0 Å². The van der Waals surface area contributed by atoms with Crippen LogP contribution in [0.5, 0.6) is 5.75 Å². The molecule has 0 aromatic heterocycles. The number of hydrogen-bond donors (Lipinski definition) is 2. The summed E-state index contributed by atoms with van der Waals surface area (Å²) in [7, 11) is 0. The SMILES string of the molecule is CCC(Cc1ccc2c(c1)NCCO2)NCc1ccc(Cl)cc1. The largest absolute Gasteiger partial charge is 0.490 e. The number of hydrogen-bond acceptors (Lipinski definition) is 3. The monoisotopic (exact) mass is 330 g/mol. The van der Waals surface area contributed by atoms with Gasteiger partial charge < -0.3 is 15.4 Å². The second-order valence-corrected chi connectivity index (χ2v) is 6.36. The third kappa shape index (κ3) is 4.40. The predicted octanol–water partition coefficient (Wildman–Crippen LogP) is 4.26. The summed E-state index contributed by atoms with van der Waals surface area (Å²) in [4.78, 5) is 0. The molecule has 0 saturated heterocycles. The van der Waals surface area contributed by atoms with Crippen LogP contribution in [0.2, 0.25) is 5.02 Å². The molecule has 0 fully saturated rings. The molecule has 0 saturated carbocycles. The van der Waals surface area contributed by atoms with Crippen molar-refractivity contribution in [2.45, 2.75) is 32.4 Å². The lowest BCUT2D eigenvalue weighted by molar-refractivity contribution is 0.323. The quantitative estimate of drug-likeness (QED) is 0.830. The summed E-state index contributed by atoms with van der Waals surface area (Å²) in [6, 6.07) is 14.9. The fraction of sp³-hybridized carbons (Fsp3) is 0.368. The number of nitrogens with one attached hydrogen (secondary N) is 2. The number of benzene rings is 2. The molecule has 2 aromatic carbocycles. The van der Waals surface area contributed by atoms with Gasteiger partial charge in [0.05, 0.1) is 5.69 Å². The smallest absolute Gasteiger partial charge is 0.142 e. The zero-order chi connectivity index (χ0) is 16.1. The van der Waals surface area contributed by atoms with Gasteiger partial charge in [-0.2, -0.15) is 0 Å². The minimum atomic E-state index is 0.452. The van der Waals surface area contributed by atoms with Crippen molar-refractivity contribution in [3.05, 3.63) is 58.6 Å². The molecule has 2 aromatic rings. The molecule has 0 amide bonds. The predicted molar refractivity (Wildman–Crippen MR) is 96.5 cm³/mol. The van der Waals surface area contributed by atoms with Crippen LogP contribution < -0.4 is 15.4 Å². The van der Waals surface area contributed by atoms with Crippen LogP contribution in [-0.4, -0.2) is 19.2 Å². The summed E-state index contributed by atoms with van der Waals surface area (Å²) >= 11 is 5.93. The molecule has 1 unspecified atom stereocenters. The molecule has 1 aliphatic rings. The van der Waals surface area contributed by atoms with Crippen molar-refractivity contribution < 1.29 is 4.74 Å². The summed E-state index contributed by atoms with van der Waals surface area (Å²) in [5.74, 6) is 0.960. The number of ether oxygens (including phenoxy) is 1. The normalized spacial score (nSPS) is 14.5. The van der Waals surface area contributed by atoms with E-state index in [9.17, 15) is 0 Å². The van der Waals surface area contributed by atoms with Crippen LogP contribution in [0.15, 0.2) is 42.5 Å². The molecule has 0 radical (unpaired) electrons. The van der Waals surface area contributed by atoms with Crippen LogP contribution in [0.25, 0.3) is 0 Å². The van der Waals surface area contributed by atoms with Crippen molar-refractivity contribution in [2.24, 2.45) is 0 Å². The first-order valence-corrected chi connectivity index (χ1v) is 8.60. The van der Waals surface area contributed by atoms with Crippen molar-refractivity contribution in [1.82, 2.24) is 5.32 Å². The van der Waals surface area contributed by atoms with Gasteiger partial charge in [0.15, 0.2) is 0 Å². The molecular formula is C19H23ClN2O. The molecule has 0 bridgehead atoms. The van der Waals surface area contributed by atoms with E-state index in [2.05, 4.69) is 47.9 Å². The summed E-state index contributed by atoms with van der Waals surface area (Å²) < 4.78 is 5.64. The fourth-order valence-electron chi connectivity index (χ4n) is 2.82. The Morgan fingerprint density at radius 1 is 1.17 bits per heavy atom. The zero-order valence-corrected chi connectivity index (χ0v) is 14.2. The minimum Gasteiger partial charge on any atom is -0.490 e. The first kappa shape index (κ1) is 16.2.